The highest BCUT2D eigenvalue weighted by Gasteiger charge is 2.36. The van der Waals surface area contributed by atoms with Crippen LogP contribution in [0.1, 0.15) is 86.7 Å². The molecule has 0 atom stereocenters. The van der Waals surface area contributed by atoms with Crippen LogP contribution in [0, 0.1) is 10.8 Å². The first kappa shape index (κ1) is 20.4. The van der Waals surface area contributed by atoms with Crippen molar-refractivity contribution in [3.63, 3.8) is 0 Å². The van der Waals surface area contributed by atoms with Crippen molar-refractivity contribution in [1.82, 2.24) is 19.6 Å². The Hall–Kier alpha value is -2.38. The number of rotatable bonds is 7. The number of Topliss-reactive ketones (excluding diaryl/α,β-unsaturated/α-hetero) is 2. The van der Waals surface area contributed by atoms with E-state index in [0.29, 0.717) is 16.1 Å². The van der Waals surface area contributed by atoms with Crippen LogP contribution in [0.4, 0.5) is 8.78 Å². The van der Waals surface area contributed by atoms with Crippen LogP contribution >= 0.6 is 0 Å². The molecule has 1 aliphatic rings. The first-order valence-corrected chi connectivity index (χ1v) is 9.41. The topological polar surface area (TPSA) is 69.8 Å². The number of carbonyl (C=O) groups excluding carboxylic acids is 2. The van der Waals surface area contributed by atoms with E-state index in [1.165, 1.54) is 6.07 Å². The maximum atomic E-state index is 13.4. The van der Waals surface area contributed by atoms with E-state index in [1.807, 2.05) is 0 Å². The third-order valence-corrected chi connectivity index (χ3v) is 4.92. The minimum Gasteiger partial charge on any atom is -0.292 e. The van der Waals surface area contributed by atoms with Gasteiger partial charge in [0.25, 0.3) is 0 Å². The van der Waals surface area contributed by atoms with Crippen molar-refractivity contribution >= 4 is 11.6 Å². The zero-order chi connectivity index (χ0) is 20.9. The van der Waals surface area contributed by atoms with Crippen molar-refractivity contribution in [2.45, 2.75) is 66.5 Å². The predicted molar refractivity (Wildman–Crippen MR) is 99.6 cm³/mol. The van der Waals surface area contributed by atoms with Crippen molar-refractivity contribution in [3.8, 4) is 0 Å². The molecule has 1 aliphatic carbocycles. The Balaban J connectivity index is 1.88. The number of hydrogen-bond acceptors (Lipinski definition) is 4. The molecule has 1 saturated carbocycles. The zero-order valence-corrected chi connectivity index (χ0v) is 16.9. The summed E-state index contributed by atoms with van der Waals surface area (Å²) in [5.74, 6) is -0.533. The molecule has 0 spiro atoms. The Kier molecular flexibility index (Phi) is 5.02. The third-order valence-electron chi connectivity index (χ3n) is 4.92. The highest BCUT2D eigenvalue weighted by atomic mass is 19.3. The molecule has 152 valence electrons. The van der Waals surface area contributed by atoms with Gasteiger partial charge in [-0.3, -0.25) is 14.3 Å². The van der Waals surface area contributed by atoms with Crippen molar-refractivity contribution in [2.75, 3.05) is 0 Å². The molecular formula is C20H26F2N4O2. The fourth-order valence-corrected chi connectivity index (χ4v) is 3.22. The molecule has 28 heavy (non-hydrogen) atoms. The lowest BCUT2D eigenvalue weighted by Crippen LogP contribution is -2.29. The Morgan fingerprint density at radius 2 is 1.79 bits per heavy atom. The van der Waals surface area contributed by atoms with Gasteiger partial charge in [0.15, 0.2) is 11.6 Å². The van der Waals surface area contributed by atoms with Crippen molar-refractivity contribution in [2.24, 2.45) is 10.8 Å². The van der Waals surface area contributed by atoms with Gasteiger partial charge in [0, 0.05) is 23.4 Å². The average Bonchev–Trinajstić information content (AvgIpc) is 3.16. The molecule has 0 amide bonds. The van der Waals surface area contributed by atoms with Gasteiger partial charge in [-0.25, -0.2) is 4.68 Å². The number of aromatic nitrogens is 4. The highest BCUT2D eigenvalue weighted by molar-refractivity contribution is 5.99. The van der Waals surface area contributed by atoms with Gasteiger partial charge in [-0.05, 0) is 25.0 Å². The summed E-state index contributed by atoms with van der Waals surface area (Å²) in [6.07, 6.45) is 3.75. The summed E-state index contributed by atoms with van der Waals surface area (Å²) in [4.78, 5) is 25.6. The van der Waals surface area contributed by atoms with Gasteiger partial charge >= 0.3 is 6.55 Å². The molecule has 0 N–H and O–H groups in total. The Labute approximate surface area is 162 Å². The second-order valence-electron chi connectivity index (χ2n) is 9.10. The van der Waals surface area contributed by atoms with E-state index >= 15 is 0 Å². The monoisotopic (exact) mass is 392 g/mol. The van der Waals surface area contributed by atoms with Crippen molar-refractivity contribution in [3.05, 3.63) is 35.4 Å². The zero-order valence-electron chi connectivity index (χ0n) is 16.9. The van der Waals surface area contributed by atoms with Crippen LogP contribution in [0.25, 0.3) is 0 Å². The summed E-state index contributed by atoms with van der Waals surface area (Å²) in [7, 11) is 0. The number of nitrogens with zero attached hydrogens (tertiary/aromatic N) is 4. The van der Waals surface area contributed by atoms with E-state index in [4.69, 9.17) is 0 Å². The molecule has 1 fully saturated rings. The summed E-state index contributed by atoms with van der Waals surface area (Å²) in [5.41, 5.74) is -1.01. The Bertz CT molecular complexity index is 902. The first-order chi connectivity index (χ1) is 12.9. The molecular weight excluding hydrogens is 366 g/mol. The summed E-state index contributed by atoms with van der Waals surface area (Å²) in [6, 6.07) is 3.33. The normalized spacial score (nSPS) is 15.3. The molecule has 2 heterocycles. The summed E-state index contributed by atoms with van der Waals surface area (Å²) >= 11 is 0. The van der Waals surface area contributed by atoms with E-state index in [9.17, 15) is 18.4 Å². The van der Waals surface area contributed by atoms with Crippen LogP contribution in [0.5, 0.6) is 0 Å². The number of carbonyl (C=O) groups is 2. The van der Waals surface area contributed by atoms with E-state index in [1.54, 1.807) is 51.6 Å². The molecule has 8 heteroatoms. The van der Waals surface area contributed by atoms with Crippen LogP contribution < -0.4 is 0 Å². The van der Waals surface area contributed by atoms with Crippen LogP contribution in [0.3, 0.4) is 0 Å². The largest absolute Gasteiger partial charge is 0.333 e. The van der Waals surface area contributed by atoms with E-state index < -0.39 is 23.2 Å². The lowest BCUT2D eigenvalue weighted by Gasteiger charge is -2.22. The number of hydrogen-bond donors (Lipinski definition) is 0. The molecule has 0 unspecified atom stereocenters. The third kappa shape index (κ3) is 3.91. The molecule has 0 bridgehead atoms. The van der Waals surface area contributed by atoms with E-state index in [2.05, 4.69) is 10.2 Å². The van der Waals surface area contributed by atoms with Gasteiger partial charge in [-0.15, -0.1) is 0 Å². The minimum absolute atomic E-state index is 0.118. The molecule has 0 aliphatic heterocycles. The fraction of sp³-hybridized carbons (Fsp3) is 0.600. The second-order valence-corrected chi connectivity index (χ2v) is 9.10. The van der Waals surface area contributed by atoms with Crippen LogP contribution in [-0.4, -0.2) is 31.1 Å². The Morgan fingerprint density at radius 3 is 2.32 bits per heavy atom. The standard InChI is InChI=1S/C20H26F2N4O2/c1-19(2,3)16(27)15-10-12(24-26(15)18(21)22)11-20(4,5)17(28)14-8-9-23-25(14)13-6-7-13/h8-10,13,18H,6-7,11H2,1-5H3. The summed E-state index contributed by atoms with van der Waals surface area (Å²) < 4.78 is 29.0. The lowest BCUT2D eigenvalue weighted by molar-refractivity contribution is 0.0487. The second kappa shape index (κ2) is 6.90. The SMILES string of the molecule is CC(C)(C)C(=O)c1cc(CC(C)(C)C(=O)c2ccnn2C2CC2)nn1C(F)F. The van der Waals surface area contributed by atoms with Gasteiger partial charge in [-0.2, -0.15) is 19.0 Å². The van der Waals surface area contributed by atoms with Crippen molar-refractivity contribution < 1.29 is 18.4 Å². The molecule has 2 aromatic rings. The van der Waals surface area contributed by atoms with Gasteiger partial charge < -0.3 is 0 Å². The maximum absolute atomic E-state index is 13.4. The number of ketones is 2. The van der Waals surface area contributed by atoms with Crippen LogP contribution in [0.2, 0.25) is 0 Å². The van der Waals surface area contributed by atoms with Crippen LogP contribution in [-0.2, 0) is 6.42 Å². The quantitative estimate of drug-likeness (QED) is 0.651. The van der Waals surface area contributed by atoms with E-state index in [0.717, 1.165) is 12.8 Å². The van der Waals surface area contributed by atoms with Gasteiger partial charge in [0.1, 0.15) is 11.4 Å². The smallest absolute Gasteiger partial charge is 0.292 e. The predicted octanol–water partition coefficient (Wildman–Crippen LogP) is 4.49. The first-order valence-electron chi connectivity index (χ1n) is 9.41. The van der Waals surface area contributed by atoms with E-state index in [-0.39, 0.29) is 23.9 Å². The van der Waals surface area contributed by atoms with Gasteiger partial charge in [-0.1, -0.05) is 34.6 Å². The van der Waals surface area contributed by atoms with Crippen LogP contribution in [0.15, 0.2) is 18.3 Å². The van der Waals surface area contributed by atoms with Crippen molar-refractivity contribution in [1.29, 1.82) is 0 Å². The highest BCUT2D eigenvalue weighted by Crippen LogP contribution is 2.37. The molecule has 0 radical (unpaired) electrons. The molecule has 0 aromatic carbocycles. The summed E-state index contributed by atoms with van der Waals surface area (Å²) in [6.45, 7) is 5.60. The maximum Gasteiger partial charge on any atom is 0.333 e. The number of halogens is 2. The fourth-order valence-electron chi connectivity index (χ4n) is 3.22. The molecule has 0 saturated heterocycles. The molecule has 3 rings (SSSR count). The minimum atomic E-state index is -2.93. The molecule has 2 aromatic heterocycles. The average molecular weight is 392 g/mol. The molecule has 6 nitrogen and oxygen atoms in total. The van der Waals surface area contributed by atoms with Gasteiger partial charge in [0.05, 0.1) is 11.7 Å². The Morgan fingerprint density at radius 1 is 1.14 bits per heavy atom. The van der Waals surface area contributed by atoms with Gasteiger partial charge in [0.2, 0.25) is 0 Å². The summed E-state index contributed by atoms with van der Waals surface area (Å²) in [5, 5.41) is 8.18. The number of alkyl halides is 2. The lowest BCUT2D eigenvalue weighted by atomic mass is 9.81.